The largest absolute Gasteiger partial charge is 0.484 e. The highest BCUT2D eigenvalue weighted by Crippen LogP contribution is 2.16. The summed E-state index contributed by atoms with van der Waals surface area (Å²) < 4.78 is 5.51. The standard InChI is InChI=1S/C23H28N4O4/c1-5-17(4)25-22(29)23(30)27-24-13-18-8-10-19(11-9-18)31-14-21(28)26-20-12-15(2)6-7-16(20)3/h6-13,17H,5,14H2,1-4H3,(H,25,29)(H,26,28)(H,27,30)/b24-13-/t17-/m1/s1. The van der Waals surface area contributed by atoms with Crippen molar-refractivity contribution in [2.75, 3.05) is 11.9 Å². The predicted molar refractivity (Wildman–Crippen MR) is 120 cm³/mol. The maximum Gasteiger partial charge on any atom is 0.329 e. The van der Waals surface area contributed by atoms with Crippen molar-refractivity contribution in [1.82, 2.24) is 10.7 Å². The summed E-state index contributed by atoms with van der Waals surface area (Å²) in [6.45, 7) is 7.49. The molecule has 0 aliphatic heterocycles. The van der Waals surface area contributed by atoms with Crippen molar-refractivity contribution >= 4 is 29.6 Å². The van der Waals surface area contributed by atoms with Gasteiger partial charge in [0.25, 0.3) is 5.91 Å². The van der Waals surface area contributed by atoms with Crippen molar-refractivity contribution in [2.24, 2.45) is 5.10 Å². The van der Waals surface area contributed by atoms with E-state index in [1.54, 1.807) is 24.3 Å². The molecule has 3 N–H and O–H groups in total. The Morgan fingerprint density at radius 1 is 1.06 bits per heavy atom. The quantitative estimate of drug-likeness (QED) is 0.344. The third kappa shape index (κ3) is 7.93. The molecule has 0 unspecified atom stereocenters. The van der Waals surface area contributed by atoms with Gasteiger partial charge in [-0.1, -0.05) is 19.1 Å². The zero-order chi connectivity index (χ0) is 22.8. The molecule has 2 rings (SSSR count). The van der Waals surface area contributed by atoms with E-state index in [4.69, 9.17) is 4.74 Å². The normalized spacial score (nSPS) is 11.6. The monoisotopic (exact) mass is 424 g/mol. The number of nitrogens with zero attached hydrogens (tertiary/aromatic N) is 1. The summed E-state index contributed by atoms with van der Waals surface area (Å²) in [6.07, 6.45) is 2.13. The number of benzene rings is 2. The number of rotatable bonds is 8. The number of aryl methyl sites for hydroxylation is 2. The fourth-order valence-corrected chi connectivity index (χ4v) is 2.46. The van der Waals surface area contributed by atoms with E-state index in [1.807, 2.05) is 45.9 Å². The van der Waals surface area contributed by atoms with Crippen LogP contribution in [0.25, 0.3) is 0 Å². The van der Waals surface area contributed by atoms with Crippen LogP contribution >= 0.6 is 0 Å². The molecule has 0 heterocycles. The van der Waals surface area contributed by atoms with Gasteiger partial charge in [-0.05, 0) is 74.2 Å². The molecule has 0 radical (unpaired) electrons. The first-order chi connectivity index (χ1) is 14.8. The van der Waals surface area contributed by atoms with Crippen LogP contribution in [0.15, 0.2) is 47.6 Å². The van der Waals surface area contributed by atoms with Crippen LogP contribution in [-0.2, 0) is 14.4 Å². The Morgan fingerprint density at radius 3 is 2.45 bits per heavy atom. The fraction of sp³-hybridized carbons (Fsp3) is 0.304. The second-order valence-electron chi connectivity index (χ2n) is 7.21. The van der Waals surface area contributed by atoms with Crippen molar-refractivity contribution in [3.05, 3.63) is 59.2 Å². The first kappa shape index (κ1) is 23.6. The minimum absolute atomic E-state index is 0.0855. The van der Waals surface area contributed by atoms with Crippen LogP contribution in [0, 0.1) is 13.8 Å². The summed E-state index contributed by atoms with van der Waals surface area (Å²) in [4.78, 5) is 35.4. The Morgan fingerprint density at radius 2 is 1.77 bits per heavy atom. The zero-order valence-corrected chi connectivity index (χ0v) is 18.2. The van der Waals surface area contributed by atoms with Crippen molar-refractivity contribution in [2.45, 2.75) is 40.2 Å². The number of nitrogens with one attached hydrogen (secondary N) is 3. The van der Waals surface area contributed by atoms with Crippen LogP contribution < -0.4 is 20.8 Å². The summed E-state index contributed by atoms with van der Waals surface area (Å²) in [6, 6.07) is 12.6. The smallest absolute Gasteiger partial charge is 0.329 e. The highest BCUT2D eigenvalue weighted by molar-refractivity contribution is 6.35. The molecule has 0 saturated carbocycles. The fourth-order valence-electron chi connectivity index (χ4n) is 2.46. The molecule has 8 heteroatoms. The number of amides is 3. The molecule has 1 atom stereocenters. The van der Waals surface area contributed by atoms with Crippen LogP contribution in [0.4, 0.5) is 5.69 Å². The SMILES string of the molecule is CC[C@@H](C)NC(=O)C(=O)N/N=C\c1ccc(OCC(=O)Nc2cc(C)ccc2C)cc1. The third-order valence-corrected chi connectivity index (χ3v) is 4.49. The molecule has 2 aromatic rings. The van der Waals surface area contributed by atoms with E-state index in [0.29, 0.717) is 11.3 Å². The number of hydrazone groups is 1. The molecule has 0 saturated heterocycles. The average molecular weight is 425 g/mol. The second kappa shape index (κ2) is 11.5. The van der Waals surface area contributed by atoms with Crippen LogP contribution in [0.3, 0.4) is 0 Å². The van der Waals surface area contributed by atoms with Gasteiger partial charge in [0.2, 0.25) is 0 Å². The Labute approximate surface area is 182 Å². The van der Waals surface area contributed by atoms with Crippen molar-refractivity contribution < 1.29 is 19.1 Å². The second-order valence-corrected chi connectivity index (χ2v) is 7.21. The molecular weight excluding hydrogens is 396 g/mol. The van der Waals surface area contributed by atoms with Gasteiger partial charge in [0.1, 0.15) is 5.75 Å². The number of ether oxygens (including phenoxy) is 1. The highest BCUT2D eigenvalue weighted by Gasteiger charge is 2.14. The van der Waals surface area contributed by atoms with Gasteiger partial charge in [0.15, 0.2) is 6.61 Å². The number of carbonyl (C=O) groups is 3. The van der Waals surface area contributed by atoms with Gasteiger partial charge < -0.3 is 15.4 Å². The third-order valence-electron chi connectivity index (χ3n) is 4.49. The summed E-state index contributed by atoms with van der Waals surface area (Å²) in [5.41, 5.74) is 5.67. The van der Waals surface area contributed by atoms with E-state index in [9.17, 15) is 14.4 Å². The molecule has 0 bridgehead atoms. The number of anilines is 1. The van der Waals surface area contributed by atoms with Crippen LogP contribution in [0.2, 0.25) is 0 Å². The van der Waals surface area contributed by atoms with E-state index < -0.39 is 11.8 Å². The van der Waals surface area contributed by atoms with E-state index >= 15 is 0 Å². The van der Waals surface area contributed by atoms with Gasteiger partial charge in [-0.25, -0.2) is 5.43 Å². The zero-order valence-electron chi connectivity index (χ0n) is 18.2. The molecule has 164 valence electrons. The average Bonchev–Trinajstić information content (AvgIpc) is 2.75. The molecule has 2 aromatic carbocycles. The molecule has 8 nitrogen and oxygen atoms in total. The lowest BCUT2D eigenvalue weighted by atomic mass is 10.1. The summed E-state index contributed by atoms with van der Waals surface area (Å²) >= 11 is 0. The van der Waals surface area contributed by atoms with Crippen molar-refractivity contribution in [3.63, 3.8) is 0 Å². The van der Waals surface area contributed by atoms with E-state index in [-0.39, 0.29) is 18.6 Å². The number of carbonyl (C=O) groups excluding carboxylic acids is 3. The lowest BCUT2D eigenvalue weighted by Gasteiger charge is -2.10. The van der Waals surface area contributed by atoms with Crippen LogP contribution in [-0.4, -0.2) is 36.6 Å². The number of hydrogen-bond donors (Lipinski definition) is 3. The van der Waals surface area contributed by atoms with Gasteiger partial charge in [-0.2, -0.15) is 5.10 Å². The molecule has 31 heavy (non-hydrogen) atoms. The summed E-state index contributed by atoms with van der Waals surface area (Å²) in [7, 11) is 0. The van der Waals surface area contributed by atoms with Crippen molar-refractivity contribution in [1.29, 1.82) is 0 Å². The van der Waals surface area contributed by atoms with E-state index in [1.165, 1.54) is 6.21 Å². The first-order valence-corrected chi connectivity index (χ1v) is 10.0. The first-order valence-electron chi connectivity index (χ1n) is 10.0. The predicted octanol–water partition coefficient (Wildman–Crippen LogP) is 2.69. The molecular formula is C23H28N4O4. The maximum atomic E-state index is 12.1. The molecule has 0 aliphatic carbocycles. The van der Waals surface area contributed by atoms with Gasteiger partial charge in [0.05, 0.1) is 6.21 Å². The van der Waals surface area contributed by atoms with Gasteiger partial charge in [-0.3, -0.25) is 14.4 Å². The van der Waals surface area contributed by atoms with Crippen molar-refractivity contribution in [3.8, 4) is 5.75 Å². The Kier molecular flexibility index (Phi) is 8.75. The molecule has 3 amide bonds. The summed E-state index contributed by atoms with van der Waals surface area (Å²) in [5, 5.41) is 9.16. The Hall–Kier alpha value is -3.68. The van der Waals surface area contributed by atoms with Gasteiger partial charge in [0, 0.05) is 11.7 Å². The topological polar surface area (TPSA) is 109 Å². The lowest BCUT2D eigenvalue weighted by molar-refractivity contribution is -0.139. The van der Waals surface area contributed by atoms with Gasteiger partial charge >= 0.3 is 11.8 Å². The molecule has 0 fully saturated rings. The maximum absolute atomic E-state index is 12.1. The molecule has 0 aromatic heterocycles. The van der Waals surface area contributed by atoms with Crippen LogP contribution in [0.1, 0.15) is 37.0 Å². The van der Waals surface area contributed by atoms with E-state index in [2.05, 4.69) is 21.2 Å². The highest BCUT2D eigenvalue weighted by atomic mass is 16.5. The van der Waals surface area contributed by atoms with Crippen LogP contribution in [0.5, 0.6) is 5.75 Å². The minimum atomic E-state index is -0.827. The van der Waals surface area contributed by atoms with Gasteiger partial charge in [-0.15, -0.1) is 0 Å². The lowest BCUT2D eigenvalue weighted by Crippen LogP contribution is -2.41. The Balaban J connectivity index is 1.80. The summed E-state index contributed by atoms with van der Waals surface area (Å²) in [5.74, 6) is -1.29. The molecule has 0 aliphatic rings. The van der Waals surface area contributed by atoms with E-state index in [0.717, 1.165) is 23.2 Å². The number of hydrogen-bond acceptors (Lipinski definition) is 5. The molecule has 0 spiro atoms. The Bertz CT molecular complexity index is 955. The minimum Gasteiger partial charge on any atom is -0.484 e.